The Bertz CT molecular complexity index is 1190. The summed E-state index contributed by atoms with van der Waals surface area (Å²) in [6, 6.07) is 4.92. The molecule has 0 N–H and O–H groups in total. The second-order valence-corrected chi connectivity index (χ2v) is 9.73. The molecule has 33 heavy (non-hydrogen) atoms. The Morgan fingerprint density at radius 3 is 2.48 bits per heavy atom. The van der Waals surface area contributed by atoms with Gasteiger partial charge in [-0.05, 0) is 49.1 Å². The molecule has 2 fully saturated rings. The lowest BCUT2D eigenvalue weighted by atomic mass is 9.95. The van der Waals surface area contributed by atoms with Gasteiger partial charge in [0.15, 0.2) is 5.82 Å². The van der Waals surface area contributed by atoms with Gasteiger partial charge in [0.1, 0.15) is 5.82 Å². The van der Waals surface area contributed by atoms with Crippen LogP contribution >= 0.6 is 11.6 Å². The summed E-state index contributed by atoms with van der Waals surface area (Å²) in [5.41, 5.74) is 2.90. The minimum atomic E-state index is -2.64. The van der Waals surface area contributed by atoms with Gasteiger partial charge in [-0.3, -0.25) is 9.47 Å². The number of fused-ring (bicyclic) bond motifs is 3. The summed E-state index contributed by atoms with van der Waals surface area (Å²) in [6.07, 6.45) is 5.35. The zero-order valence-corrected chi connectivity index (χ0v) is 19.0. The van der Waals surface area contributed by atoms with E-state index in [2.05, 4.69) is 29.6 Å². The third kappa shape index (κ3) is 3.77. The summed E-state index contributed by atoms with van der Waals surface area (Å²) >= 11 is 6.28. The van der Waals surface area contributed by atoms with Crippen LogP contribution in [-0.4, -0.2) is 54.7 Å². The first-order chi connectivity index (χ1) is 15.9. The quantitative estimate of drug-likeness (QED) is 0.572. The molecule has 0 bridgehead atoms. The largest absolute Gasteiger partial charge is 0.341 e. The molecule has 1 saturated carbocycles. The van der Waals surface area contributed by atoms with Gasteiger partial charge in [0.25, 0.3) is 5.92 Å². The smallest absolute Gasteiger partial charge is 0.265 e. The number of alkyl halides is 2. The molecule has 10 heteroatoms. The summed E-state index contributed by atoms with van der Waals surface area (Å²) < 4.78 is 29.9. The predicted octanol–water partition coefficient (Wildman–Crippen LogP) is 4.13. The molecule has 1 aromatic carbocycles. The van der Waals surface area contributed by atoms with Crippen LogP contribution in [-0.2, 0) is 13.1 Å². The van der Waals surface area contributed by atoms with Crippen LogP contribution in [0.3, 0.4) is 0 Å². The van der Waals surface area contributed by atoms with E-state index >= 15 is 0 Å². The van der Waals surface area contributed by atoms with Crippen molar-refractivity contribution < 1.29 is 8.78 Å². The number of nitrogens with zero attached hydrogens (tertiary/aromatic N) is 7. The Labute approximate surface area is 195 Å². The molecule has 4 heterocycles. The summed E-state index contributed by atoms with van der Waals surface area (Å²) in [6.45, 7) is 4.38. The fourth-order valence-electron chi connectivity index (χ4n) is 5.02. The molecule has 0 amide bonds. The highest BCUT2D eigenvalue weighted by Crippen LogP contribution is 2.47. The van der Waals surface area contributed by atoms with Gasteiger partial charge in [0.2, 0.25) is 5.95 Å². The van der Waals surface area contributed by atoms with Gasteiger partial charge in [0, 0.05) is 49.4 Å². The molecule has 2 aliphatic heterocycles. The molecule has 1 atom stereocenters. The van der Waals surface area contributed by atoms with E-state index in [0.29, 0.717) is 23.9 Å². The lowest BCUT2D eigenvalue weighted by molar-refractivity contribution is 0.0663. The maximum Gasteiger partial charge on any atom is 0.265 e. The lowest BCUT2D eigenvalue weighted by Gasteiger charge is -2.31. The second kappa shape index (κ2) is 7.70. The van der Waals surface area contributed by atoms with Crippen molar-refractivity contribution in [1.82, 2.24) is 29.6 Å². The zero-order chi connectivity index (χ0) is 22.7. The molecule has 1 aliphatic carbocycles. The highest BCUT2D eigenvalue weighted by atomic mass is 35.5. The van der Waals surface area contributed by atoms with Crippen molar-refractivity contribution in [1.29, 1.82) is 0 Å². The number of hydrogen-bond donors (Lipinski definition) is 0. The topological polar surface area (TPSA) is 63.0 Å². The van der Waals surface area contributed by atoms with E-state index in [0.717, 1.165) is 54.5 Å². The summed E-state index contributed by atoms with van der Waals surface area (Å²) in [7, 11) is 0. The standard InChI is InChI=1S/C23H24ClF2N7/c1-14-10-27-22(28-11-14)31-6-4-15(5-7-31)21-30-29-20-13-32(19-9-23(19,25)26)12-16-8-17(24)2-3-18(16)33(20)21/h2-3,8,10-11,15,19H,4-7,9,12-13H2,1H3. The van der Waals surface area contributed by atoms with E-state index in [1.807, 2.05) is 42.4 Å². The third-order valence-corrected chi connectivity index (χ3v) is 7.13. The van der Waals surface area contributed by atoms with Crippen molar-refractivity contribution in [3.63, 3.8) is 0 Å². The molecular weight excluding hydrogens is 448 g/mol. The highest BCUT2D eigenvalue weighted by Gasteiger charge is 2.60. The van der Waals surface area contributed by atoms with E-state index in [1.165, 1.54) is 0 Å². The molecule has 1 saturated heterocycles. The Hall–Kier alpha value is -2.65. The Kier molecular flexibility index (Phi) is 4.88. The molecule has 2 aromatic heterocycles. The Morgan fingerprint density at radius 1 is 1.06 bits per heavy atom. The molecule has 0 radical (unpaired) electrons. The van der Waals surface area contributed by atoms with Crippen molar-refractivity contribution in [2.45, 2.75) is 57.2 Å². The number of halogens is 3. The monoisotopic (exact) mass is 471 g/mol. The SMILES string of the molecule is Cc1cnc(N2CCC(c3nnc4n3-c3ccc(Cl)cc3CN(C3CC3(F)F)C4)CC2)nc1. The maximum absolute atomic E-state index is 13.9. The van der Waals surface area contributed by atoms with E-state index in [-0.39, 0.29) is 12.3 Å². The van der Waals surface area contributed by atoms with Crippen molar-refractivity contribution >= 4 is 17.5 Å². The van der Waals surface area contributed by atoms with Crippen molar-refractivity contribution in [3.05, 3.63) is 58.4 Å². The minimum absolute atomic E-state index is 0.108. The van der Waals surface area contributed by atoms with E-state index in [4.69, 9.17) is 11.6 Å². The van der Waals surface area contributed by atoms with Gasteiger partial charge in [-0.2, -0.15) is 0 Å². The van der Waals surface area contributed by atoms with Crippen LogP contribution in [0.15, 0.2) is 30.6 Å². The molecule has 3 aromatic rings. The summed E-state index contributed by atoms with van der Waals surface area (Å²) in [5.74, 6) is -0.0761. The van der Waals surface area contributed by atoms with E-state index < -0.39 is 12.0 Å². The number of aryl methyl sites for hydroxylation is 1. The van der Waals surface area contributed by atoms with Crippen LogP contribution in [0.4, 0.5) is 14.7 Å². The lowest BCUT2D eigenvalue weighted by Crippen LogP contribution is -2.34. The van der Waals surface area contributed by atoms with Crippen molar-refractivity contribution in [3.8, 4) is 5.69 Å². The minimum Gasteiger partial charge on any atom is -0.341 e. The summed E-state index contributed by atoms with van der Waals surface area (Å²) in [5, 5.41) is 9.62. The first-order valence-corrected chi connectivity index (χ1v) is 11.7. The molecule has 7 nitrogen and oxygen atoms in total. The number of piperidine rings is 1. The van der Waals surface area contributed by atoms with E-state index in [1.54, 1.807) is 0 Å². The first kappa shape index (κ1) is 20.9. The fourth-order valence-corrected chi connectivity index (χ4v) is 5.21. The van der Waals surface area contributed by atoms with Crippen molar-refractivity contribution in [2.75, 3.05) is 18.0 Å². The van der Waals surface area contributed by atoms with Crippen LogP contribution in [0.25, 0.3) is 5.69 Å². The number of hydrogen-bond acceptors (Lipinski definition) is 6. The molecule has 3 aliphatic rings. The van der Waals surface area contributed by atoms with Crippen LogP contribution in [0.1, 0.15) is 48.0 Å². The van der Waals surface area contributed by atoms with Gasteiger partial charge in [-0.15, -0.1) is 10.2 Å². The van der Waals surface area contributed by atoms with Crippen LogP contribution in [0.5, 0.6) is 0 Å². The first-order valence-electron chi connectivity index (χ1n) is 11.3. The van der Waals surface area contributed by atoms with Crippen molar-refractivity contribution in [2.24, 2.45) is 0 Å². The van der Waals surface area contributed by atoms with Gasteiger partial charge in [0.05, 0.1) is 18.3 Å². The normalized spacial score (nSPS) is 22.5. The molecular formula is C23H24ClF2N7. The van der Waals surface area contributed by atoms with Gasteiger partial charge >= 0.3 is 0 Å². The maximum atomic E-state index is 13.9. The average molecular weight is 472 g/mol. The van der Waals surface area contributed by atoms with Crippen LogP contribution < -0.4 is 4.90 Å². The Balaban J connectivity index is 1.30. The zero-order valence-electron chi connectivity index (χ0n) is 18.3. The average Bonchev–Trinajstić information content (AvgIpc) is 3.30. The highest BCUT2D eigenvalue weighted by molar-refractivity contribution is 6.30. The summed E-state index contributed by atoms with van der Waals surface area (Å²) in [4.78, 5) is 12.9. The number of aromatic nitrogens is 5. The van der Waals surface area contributed by atoms with Crippen LogP contribution in [0, 0.1) is 6.92 Å². The molecule has 172 valence electrons. The molecule has 0 spiro atoms. The number of anilines is 1. The van der Waals surface area contributed by atoms with Gasteiger partial charge < -0.3 is 4.90 Å². The van der Waals surface area contributed by atoms with E-state index in [9.17, 15) is 8.78 Å². The molecule has 6 rings (SSSR count). The second-order valence-electron chi connectivity index (χ2n) is 9.29. The number of benzene rings is 1. The number of rotatable bonds is 3. The van der Waals surface area contributed by atoms with Gasteiger partial charge in [-0.25, -0.2) is 18.7 Å². The third-order valence-electron chi connectivity index (χ3n) is 6.90. The fraction of sp³-hybridized carbons (Fsp3) is 0.478. The Morgan fingerprint density at radius 2 is 1.79 bits per heavy atom. The van der Waals surface area contributed by atoms with Crippen LogP contribution in [0.2, 0.25) is 5.02 Å². The predicted molar refractivity (Wildman–Crippen MR) is 120 cm³/mol. The van der Waals surface area contributed by atoms with Gasteiger partial charge in [-0.1, -0.05) is 11.6 Å². The molecule has 1 unspecified atom stereocenters.